The normalized spacial score (nSPS) is 20.5. The van der Waals surface area contributed by atoms with E-state index in [1.54, 1.807) is 6.07 Å². The second-order valence-electron chi connectivity index (χ2n) is 6.74. The van der Waals surface area contributed by atoms with Crippen molar-refractivity contribution >= 4 is 23.7 Å². The van der Waals surface area contributed by atoms with E-state index in [1.807, 2.05) is 23.6 Å². The van der Waals surface area contributed by atoms with E-state index in [-0.39, 0.29) is 23.4 Å². The summed E-state index contributed by atoms with van der Waals surface area (Å²) in [5.74, 6) is 0. The van der Waals surface area contributed by atoms with Crippen LogP contribution in [0.2, 0.25) is 0 Å². The summed E-state index contributed by atoms with van der Waals surface area (Å²) in [5.41, 5.74) is 1.38. The zero-order valence-electron chi connectivity index (χ0n) is 14.7. The Balaban J connectivity index is 0.00000225. The van der Waals surface area contributed by atoms with Crippen LogP contribution < -0.4 is 5.56 Å². The molecule has 1 fully saturated rings. The lowest BCUT2D eigenvalue weighted by molar-refractivity contribution is 0.0490. The molecule has 0 radical (unpaired) electrons. The van der Waals surface area contributed by atoms with Gasteiger partial charge in [-0.2, -0.15) is 0 Å². The van der Waals surface area contributed by atoms with Crippen molar-refractivity contribution < 1.29 is 4.74 Å². The number of aromatic amines is 1. The summed E-state index contributed by atoms with van der Waals surface area (Å²) >= 11 is 1.85. The zero-order valence-corrected chi connectivity index (χ0v) is 16.3. The van der Waals surface area contributed by atoms with Crippen molar-refractivity contribution in [3.8, 4) is 0 Å². The fraction of sp³-hybridized carbons (Fsp3) is 0.526. The van der Waals surface area contributed by atoms with E-state index in [4.69, 9.17) is 4.74 Å². The van der Waals surface area contributed by atoms with Crippen LogP contribution in [-0.2, 0) is 17.7 Å². The number of hydrogen-bond acceptors (Lipinski definition) is 4. The fourth-order valence-corrected chi connectivity index (χ4v) is 4.23. The molecule has 4 nitrogen and oxygen atoms in total. The summed E-state index contributed by atoms with van der Waals surface area (Å²) in [6.07, 6.45) is 5.32. The van der Waals surface area contributed by atoms with Gasteiger partial charge in [-0.05, 0) is 49.7 Å². The lowest BCUT2D eigenvalue weighted by Gasteiger charge is -2.29. The maximum Gasteiger partial charge on any atom is 0.247 e. The Kier molecular flexibility index (Phi) is 7.69. The highest BCUT2D eigenvalue weighted by molar-refractivity contribution is 7.09. The van der Waals surface area contributed by atoms with Crippen LogP contribution in [0.15, 0.2) is 40.6 Å². The van der Waals surface area contributed by atoms with Gasteiger partial charge < -0.3 is 9.72 Å². The van der Waals surface area contributed by atoms with Crippen molar-refractivity contribution in [2.45, 2.75) is 32.7 Å². The van der Waals surface area contributed by atoms with Gasteiger partial charge in [-0.25, -0.2) is 0 Å². The van der Waals surface area contributed by atoms with Gasteiger partial charge in [0.1, 0.15) is 0 Å². The number of nitrogens with zero attached hydrogens (tertiary/aromatic N) is 1. The molecule has 2 aromatic heterocycles. The van der Waals surface area contributed by atoms with E-state index in [0.29, 0.717) is 0 Å². The lowest BCUT2D eigenvalue weighted by Crippen LogP contribution is -2.32. The first-order valence-electron chi connectivity index (χ1n) is 8.69. The van der Waals surface area contributed by atoms with Crippen molar-refractivity contribution in [2.24, 2.45) is 5.41 Å². The molecule has 3 rings (SSSR count). The molecule has 138 valence electrons. The van der Waals surface area contributed by atoms with Crippen LogP contribution in [0.25, 0.3) is 0 Å². The molecule has 0 bridgehead atoms. The number of pyridine rings is 1. The predicted octanol–water partition coefficient (Wildman–Crippen LogP) is 3.72. The molecule has 0 saturated carbocycles. The van der Waals surface area contributed by atoms with E-state index < -0.39 is 0 Å². The molecule has 2 aromatic rings. The lowest BCUT2D eigenvalue weighted by atomic mass is 9.83. The van der Waals surface area contributed by atoms with E-state index in [0.717, 1.165) is 39.3 Å². The van der Waals surface area contributed by atoms with Crippen molar-refractivity contribution in [1.82, 2.24) is 9.88 Å². The Hall–Kier alpha value is -1.14. The number of thiophene rings is 1. The highest BCUT2D eigenvalue weighted by Crippen LogP contribution is 2.36. The van der Waals surface area contributed by atoms with E-state index in [9.17, 15) is 4.79 Å². The van der Waals surface area contributed by atoms with Gasteiger partial charge in [-0.15, -0.1) is 23.7 Å². The van der Waals surface area contributed by atoms with Crippen LogP contribution >= 0.6 is 23.7 Å². The van der Waals surface area contributed by atoms with Gasteiger partial charge in [0.15, 0.2) is 0 Å². The topological polar surface area (TPSA) is 45.3 Å². The smallest absolute Gasteiger partial charge is 0.247 e. The van der Waals surface area contributed by atoms with Crippen molar-refractivity contribution in [1.29, 1.82) is 0 Å². The quantitative estimate of drug-likeness (QED) is 0.756. The minimum atomic E-state index is -0.0400. The third kappa shape index (κ3) is 5.68. The van der Waals surface area contributed by atoms with Gasteiger partial charge in [0.2, 0.25) is 5.56 Å². The van der Waals surface area contributed by atoms with Gasteiger partial charge in [0.25, 0.3) is 0 Å². The Labute approximate surface area is 159 Å². The summed E-state index contributed by atoms with van der Waals surface area (Å²) in [6.45, 7) is 6.75. The van der Waals surface area contributed by atoms with Crippen molar-refractivity contribution in [2.75, 3.05) is 26.3 Å². The number of likely N-dealkylation sites (tertiary alicyclic amines) is 1. The second-order valence-corrected chi connectivity index (χ2v) is 7.77. The molecule has 1 N–H and O–H groups in total. The van der Waals surface area contributed by atoms with Gasteiger partial charge >= 0.3 is 0 Å². The fourth-order valence-electron chi connectivity index (χ4n) is 3.52. The number of ether oxygens (including phenoxy) is 1. The minimum Gasteiger partial charge on any atom is -0.381 e. The number of rotatable bonds is 8. The van der Waals surface area contributed by atoms with Crippen LogP contribution in [-0.4, -0.2) is 36.2 Å². The molecule has 0 aliphatic carbocycles. The van der Waals surface area contributed by atoms with E-state index >= 15 is 0 Å². The second kappa shape index (κ2) is 9.53. The van der Waals surface area contributed by atoms with Gasteiger partial charge in [0, 0.05) is 42.3 Å². The average Bonchev–Trinajstić information content (AvgIpc) is 3.24. The molecule has 6 heteroatoms. The predicted molar refractivity (Wildman–Crippen MR) is 106 cm³/mol. The van der Waals surface area contributed by atoms with Gasteiger partial charge in [-0.3, -0.25) is 9.69 Å². The molecule has 25 heavy (non-hydrogen) atoms. The summed E-state index contributed by atoms with van der Waals surface area (Å²) in [5, 5.41) is 2.15. The first-order valence-corrected chi connectivity index (χ1v) is 9.57. The molecule has 0 amide bonds. The molecule has 0 unspecified atom stereocenters. The van der Waals surface area contributed by atoms with Gasteiger partial charge in [-0.1, -0.05) is 12.1 Å². The van der Waals surface area contributed by atoms with Crippen LogP contribution in [0.1, 0.15) is 30.2 Å². The van der Waals surface area contributed by atoms with Crippen LogP contribution in [0.3, 0.4) is 0 Å². The number of aryl methyl sites for hydroxylation is 1. The first kappa shape index (κ1) is 20.2. The number of nitrogens with one attached hydrogen (secondary N) is 1. The molecule has 1 aliphatic heterocycles. The van der Waals surface area contributed by atoms with E-state index in [1.165, 1.54) is 23.3 Å². The highest BCUT2D eigenvalue weighted by Gasteiger charge is 2.37. The average molecular weight is 383 g/mol. The number of H-pyrrole nitrogens is 1. The highest BCUT2D eigenvalue weighted by atomic mass is 35.5. The minimum absolute atomic E-state index is 0. The zero-order chi connectivity index (χ0) is 16.8. The van der Waals surface area contributed by atoms with E-state index in [2.05, 4.69) is 34.3 Å². The first-order chi connectivity index (χ1) is 11.7. The van der Waals surface area contributed by atoms with Crippen LogP contribution in [0, 0.1) is 5.41 Å². The maximum absolute atomic E-state index is 11.2. The Bertz CT molecular complexity index is 668. The van der Waals surface area contributed by atoms with Gasteiger partial charge in [0.05, 0.1) is 6.61 Å². The number of hydrogen-bond donors (Lipinski definition) is 1. The molecule has 1 atom stereocenters. The summed E-state index contributed by atoms with van der Waals surface area (Å²) in [6, 6.07) is 7.89. The number of aromatic nitrogens is 1. The molecule has 0 aromatic carbocycles. The summed E-state index contributed by atoms with van der Waals surface area (Å²) in [4.78, 5) is 17.9. The van der Waals surface area contributed by atoms with Crippen LogP contribution in [0.5, 0.6) is 0 Å². The molecule has 3 heterocycles. The SMILES string of the molecule is CCOC[C@@]1(CCc2cccs2)CCN(Cc2ccc(=O)[nH]c2)C1.Cl. The summed E-state index contributed by atoms with van der Waals surface area (Å²) in [7, 11) is 0. The Morgan fingerprint density at radius 2 is 2.24 bits per heavy atom. The Morgan fingerprint density at radius 3 is 2.92 bits per heavy atom. The number of halogens is 1. The molecular weight excluding hydrogens is 356 g/mol. The monoisotopic (exact) mass is 382 g/mol. The van der Waals surface area contributed by atoms with Crippen molar-refractivity contribution in [3.05, 3.63) is 56.6 Å². The third-order valence-electron chi connectivity index (χ3n) is 4.87. The van der Waals surface area contributed by atoms with Crippen molar-refractivity contribution in [3.63, 3.8) is 0 Å². The standard InChI is InChI=1S/C19H26N2O2S.ClH/c1-2-23-15-19(8-7-17-4-3-11-24-17)9-10-21(14-19)13-16-5-6-18(22)20-12-16;/h3-6,11-12H,2,7-10,13-15H2,1H3,(H,20,22);1H/t19-;/m0./s1. The molecular formula is C19H27ClN2O2S. The van der Waals surface area contributed by atoms with Crippen LogP contribution in [0.4, 0.5) is 0 Å². The Morgan fingerprint density at radius 1 is 1.36 bits per heavy atom. The molecule has 0 spiro atoms. The molecule has 1 aliphatic rings. The summed E-state index contributed by atoms with van der Waals surface area (Å²) < 4.78 is 5.83. The largest absolute Gasteiger partial charge is 0.381 e. The molecule has 1 saturated heterocycles. The third-order valence-corrected chi connectivity index (χ3v) is 5.80. The maximum atomic E-state index is 11.2.